The first-order valence-electron chi connectivity index (χ1n) is 20.1. The largest absolute Gasteiger partial charge is 0.0622 e. The first kappa shape index (κ1) is 33.8. The molecule has 11 aromatic carbocycles. The second-order valence-corrected chi connectivity index (χ2v) is 15.1. The molecule has 0 amide bonds. The van der Waals surface area contributed by atoms with Crippen LogP contribution in [0.15, 0.2) is 231 Å². The van der Waals surface area contributed by atoms with E-state index in [1.165, 1.54) is 110 Å². The first-order valence-corrected chi connectivity index (χ1v) is 20.1. The lowest BCUT2D eigenvalue weighted by Gasteiger charge is -2.20. The van der Waals surface area contributed by atoms with Crippen molar-refractivity contribution in [3.05, 3.63) is 231 Å². The molecule has 0 saturated carbocycles. The van der Waals surface area contributed by atoms with E-state index < -0.39 is 0 Å². The van der Waals surface area contributed by atoms with Gasteiger partial charge in [-0.1, -0.05) is 224 Å². The summed E-state index contributed by atoms with van der Waals surface area (Å²) in [5.74, 6) is 0. The maximum atomic E-state index is 2.40. The Balaban J connectivity index is 1.13. The Kier molecular flexibility index (Phi) is 8.26. The number of rotatable bonds is 6. The lowest BCUT2D eigenvalue weighted by molar-refractivity contribution is 1.60. The maximum absolute atomic E-state index is 2.40. The van der Waals surface area contributed by atoms with Crippen LogP contribution in [-0.4, -0.2) is 0 Å². The zero-order valence-electron chi connectivity index (χ0n) is 31.9. The fourth-order valence-electron chi connectivity index (χ4n) is 9.32. The highest BCUT2D eigenvalue weighted by Gasteiger charge is 2.21. The Morgan fingerprint density at radius 3 is 0.948 bits per heavy atom. The van der Waals surface area contributed by atoms with Crippen LogP contribution in [0, 0.1) is 0 Å². The van der Waals surface area contributed by atoms with Gasteiger partial charge in [0.2, 0.25) is 0 Å². The third kappa shape index (κ3) is 5.61. The van der Waals surface area contributed by atoms with Gasteiger partial charge in [0, 0.05) is 0 Å². The second kappa shape index (κ2) is 14.2. The normalized spacial score (nSPS) is 11.4. The summed E-state index contributed by atoms with van der Waals surface area (Å²) in [6.45, 7) is 0. The molecule has 0 fully saturated rings. The van der Waals surface area contributed by atoms with Crippen molar-refractivity contribution in [1.29, 1.82) is 0 Å². The maximum Gasteiger partial charge on any atom is -0.00201 e. The Labute approximate surface area is 339 Å². The van der Waals surface area contributed by atoms with Crippen molar-refractivity contribution in [2.75, 3.05) is 0 Å². The van der Waals surface area contributed by atoms with Gasteiger partial charge in [0.25, 0.3) is 0 Å². The van der Waals surface area contributed by atoms with Crippen molar-refractivity contribution in [2.24, 2.45) is 0 Å². The van der Waals surface area contributed by atoms with Crippen molar-refractivity contribution in [3.8, 4) is 66.8 Å². The van der Waals surface area contributed by atoms with Gasteiger partial charge in [0.1, 0.15) is 0 Å². The molecule has 0 saturated heterocycles. The highest BCUT2D eigenvalue weighted by molar-refractivity contribution is 6.24. The molecule has 0 heterocycles. The highest BCUT2D eigenvalue weighted by atomic mass is 14.2. The Hall–Kier alpha value is -7.54. The number of hydrogen-bond acceptors (Lipinski definition) is 0. The van der Waals surface area contributed by atoms with E-state index in [1.807, 2.05) is 0 Å². The minimum atomic E-state index is 1.21. The molecule has 0 nitrogen and oxygen atoms in total. The van der Waals surface area contributed by atoms with Crippen LogP contribution in [0.3, 0.4) is 0 Å². The van der Waals surface area contributed by atoms with Crippen molar-refractivity contribution in [3.63, 3.8) is 0 Å². The Bertz CT molecular complexity index is 3230. The summed E-state index contributed by atoms with van der Waals surface area (Å²) in [6, 6.07) is 84.4. The monoisotopic (exact) mass is 734 g/mol. The van der Waals surface area contributed by atoms with E-state index in [1.54, 1.807) is 0 Å². The highest BCUT2D eigenvalue weighted by Crippen LogP contribution is 2.48. The van der Waals surface area contributed by atoms with Crippen LogP contribution in [-0.2, 0) is 0 Å². The topological polar surface area (TPSA) is 0 Å². The summed E-state index contributed by atoms with van der Waals surface area (Å²) in [7, 11) is 0. The molecule has 58 heavy (non-hydrogen) atoms. The van der Waals surface area contributed by atoms with Crippen LogP contribution in [0.4, 0.5) is 0 Å². The van der Waals surface area contributed by atoms with Gasteiger partial charge in [-0.3, -0.25) is 0 Å². The van der Waals surface area contributed by atoms with Crippen molar-refractivity contribution in [1.82, 2.24) is 0 Å². The lowest BCUT2D eigenvalue weighted by Crippen LogP contribution is -1.93. The Morgan fingerprint density at radius 2 is 0.466 bits per heavy atom. The van der Waals surface area contributed by atoms with Gasteiger partial charge in [-0.2, -0.15) is 0 Å². The number of benzene rings is 11. The average molecular weight is 735 g/mol. The van der Waals surface area contributed by atoms with Crippen LogP contribution in [0.5, 0.6) is 0 Å². The van der Waals surface area contributed by atoms with Gasteiger partial charge >= 0.3 is 0 Å². The van der Waals surface area contributed by atoms with Gasteiger partial charge in [0.05, 0.1) is 0 Å². The molecule has 0 aromatic heterocycles. The molecule has 0 heteroatoms. The molecule has 0 aliphatic rings. The van der Waals surface area contributed by atoms with Crippen LogP contribution in [0.25, 0.3) is 110 Å². The smallest absolute Gasteiger partial charge is 0.00201 e. The third-order valence-corrected chi connectivity index (χ3v) is 11.9. The van der Waals surface area contributed by atoms with Crippen molar-refractivity contribution >= 4 is 43.1 Å². The van der Waals surface area contributed by atoms with Crippen molar-refractivity contribution < 1.29 is 0 Å². The number of fused-ring (bicyclic) bond motifs is 4. The lowest BCUT2D eigenvalue weighted by atomic mass is 9.83. The standard InChI is InChI=1S/C58H38/c1-4-18-39(19-5-1)44-36-37-53-54(38-44)57(41-22-8-3-9-23-41)48-27-13-12-26-47(48)56(53)43-34-32-42(33-35-43)55-49-28-14-16-30-51(49)58(52-31-17-15-29-50(52)55)46-25-11-10-24-45(46)40-20-6-2-7-21-40/h1-38H. The summed E-state index contributed by atoms with van der Waals surface area (Å²) in [5, 5.41) is 10.0. The van der Waals surface area contributed by atoms with Gasteiger partial charge < -0.3 is 0 Å². The van der Waals surface area contributed by atoms with E-state index >= 15 is 0 Å². The molecule has 0 radical (unpaired) electrons. The number of hydrogen-bond donors (Lipinski definition) is 0. The molecule has 0 unspecified atom stereocenters. The quantitative estimate of drug-likeness (QED) is 0.149. The van der Waals surface area contributed by atoms with Crippen LogP contribution in [0.1, 0.15) is 0 Å². The van der Waals surface area contributed by atoms with Crippen molar-refractivity contribution in [2.45, 2.75) is 0 Å². The van der Waals surface area contributed by atoms with Gasteiger partial charge in [-0.25, -0.2) is 0 Å². The molecule has 0 aliphatic carbocycles. The zero-order valence-corrected chi connectivity index (χ0v) is 31.9. The SMILES string of the molecule is c1ccc(-c2ccc3c(-c4ccc(-c5c6ccccc6c(-c6ccccc6-c6ccccc6)c6ccccc56)cc4)c4ccccc4c(-c4ccccc4)c3c2)cc1. The predicted octanol–water partition coefficient (Wildman–Crippen LogP) is 16.3. The molecule has 11 aromatic rings. The van der Waals surface area contributed by atoms with E-state index in [-0.39, 0.29) is 0 Å². The third-order valence-electron chi connectivity index (χ3n) is 11.9. The van der Waals surface area contributed by atoms with E-state index in [0.29, 0.717) is 0 Å². The summed E-state index contributed by atoms with van der Waals surface area (Å²) in [6.07, 6.45) is 0. The molecule has 0 aliphatic heterocycles. The van der Waals surface area contributed by atoms with Crippen LogP contribution >= 0.6 is 0 Å². The fraction of sp³-hybridized carbons (Fsp3) is 0. The van der Waals surface area contributed by atoms with E-state index in [0.717, 1.165) is 0 Å². The first-order chi connectivity index (χ1) is 28.8. The molecule has 0 bridgehead atoms. The predicted molar refractivity (Wildman–Crippen MR) is 249 cm³/mol. The summed E-state index contributed by atoms with van der Waals surface area (Å²) in [4.78, 5) is 0. The average Bonchev–Trinajstić information content (AvgIpc) is 3.31. The molecule has 0 spiro atoms. The summed E-state index contributed by atoms with van der Waals surface area (Å²) >= 11 is 0. The molecule has 11 rings (SSSR count). The minimum Gasteiger partial charge on any atom is -0.0622 e. The molecular weight excluding hydrogens is 697 g/mol. The van der Waals surface area contributed by atoms with E-state index in [9.17, 15) is 0 Å². The van der Waals surface area contributed by atoms with E-state index in [4.69, 9.17) is 0 Å². The summed E-state index contributed by atoms with van der Waals surface area (Å²) in [5.41, 5.74) is 14.9. The minimum absolute atomic E-state index is 1.21. The Morgan fingerprint density at radius 1 is 0.155 bits per heavy atom. The fourth-order valence-corrected chi connectivity index (χ4v) is 9.32. The molecule has 0 atom stereocenters. The molecule has 270 valence electrons. The van der Waals surface area contributed by atoms with Gasteiger partial charge in [0.15, 0.2) is 0 Å². The molecular formula is C58H38. The van der Waals surface area contributed by atoms with Crippen LogP contribution in [0.2, 0.25) is 0 Å². The van der Waals surface area contributed by atoms with Gasteiger partial charge in [-0.05, 0) is 116 Å². The van der Waals surface area contributed by atoms with Crippen LogP contribution < -0.4 is 0 Å². The zero-order chi connectivity index (χ0) is 38.4. The summed E-state index contributed by atoms with van der Waals surface area (Å²) < 4.78 is 0. The van der Waals surface area contributed by atoms with E-state index in [2.05, 4.69) is 231 Å². The van der Waals surface area contributed by atoms with Gasteiger partial charge in [-0.15, -0.1) is 0 Å². The second-order valence-electron chi connectivity index (χ2n) is 15.1. The molecule has 0 N–H and O–H groups in total.